The maximum atomic E-state index is 11.6. The van der Waals surface area contributed by atoms with Gasteiger partial charge >= 0.3 is 5.97 Å². The van der Waals surface area contributed by atoms with Crippen molar-refractivity contribution in [1.29, 1.82) is 0 Å². The lowest BCUT2D eigenvalue weighted by Gasteiger charge is -2.06. The summed E-state index contributed by atoms with van der Waals surface area (Å²) in [7, 11) is 0. The van der Waals surface area contributed by atoms with Gasteiger partial charge in [-0.1, -0.05) is 13.8 Å². The number of oxazole rings is 1. The van der Waals surface area contributed by atoms with E-state index >= 15 is 0 Å². The van der Waals surface area contributed by atoms with E-state index in [1.165, 1.54) is 6.26 Å². The minimum Gasteiger partial charge on any atom is -0.475 e. The molecule has 0 atom stereocenters. The molecule has 0 aliphatic rings. The number of nitrogens with two attached hydrogens (primary N) is 1. The fourth-order valence-electron chi connectivity index (χ4n) is 1.72. The zero-order chi connectivity index (χ0) is 18.5. The van der Waals surface area contributed by atoms with Gasteiger partial charge < -0.3 is 24.4 Å². The second-order valence-electron chi connectivity index (χ2n) is 4.39. The van der Waals surface area contributed by atoms with E-state index in [4.69, 9.17) is 24.4 Å². The Hall–Kier alpha value is -2.45. The predicted octanol–water partition coefficient (Wildman–Crippen LogP) is 2.29. The summed E-state index contributed by atoms with van der Waals surface area (Å²) < 4.78 is 20.8. The Morgan fingerprint density at radius 2 is 2.08 bits per heavy atom. The largest absolute Gasteiger partial charge is 0.475 e. The number of aromatic nitrogens is 2. The van der Waals surface area contributed by atoms with E-state index in [0.717, 1.165) is 0 Å². The molecule has 0 fully saturated rings. The summed E-state index contributed by atoms with van der Waals surface area (Å²) in [6.45, 7) is 7.75. The highest BCUT2D eigenvalue weighted by molar-refractivity contribution is 5.87. The van der Waals surface area contributed by atoms with Crippen LogP contribution in [0, 0.1) is 0 Å². The number of hydrogen-bond acceptors (Lipinski definition) is 8. The van der Waals surface area contributed by atoms with E-state index in [9.17, 15) is 4.79 Å². The maximum absolute atomic E-state index is 11.6. The van der Waals surface area contributed by atoms with Crippen LogP contribution in [0.5, 0.6) is 5.88 Å². The SMILES string of the molecule is CC.CCOC(=O)c1coc(-c2ccnc(OCCOCCN)c2)n1. The number of carbonyl (C=O) groups is 1. The lowest BCUT2D eigenvalue weighted by atomic mass is 10.2. The summed E-state index contributed by atoms with van der Waals surface area (Å²) in [4.78, 5) is 19.8. The molecule has 2 heterocycles. The zero-order valence-electron chi connectivity index (χ0n) is 14.9. The molecule has 25 heavy (non-hydrogen) atoms. The van der Waals surface area contributed by atoms with Gasteiger partial charge in [0.25, 0.3) is 0 Å². The van der Waals surface area contributed by atoms with E-state index in [-0.39, 0.29) is 12.3 Å². The second-order valence-corrected chi connectivity index (χ2v) is 4.39. The third kappa shape index (κ3) is 6.90. The molecule has 0 radical (unpaired) electrons. The molecule has 8 nitrogen and oxygen atoms in total. The standard InChI is InChI=1S/C15H19N3O5.C2H6/c1-2-21-15(19)12-10-23-14(18-12)11-3-5-17-13(9-11)22-8-7-20-6-4-16;1-2/h3,5,9-10H,2,4,6-8,16H2,1H3;1-2H3. The normalized spacial score (nSPS) is 9.92. The molecule has 0 aromatic carbocycles. The van der Waals surface area contributed by atoms with Gasteiger partial charge in [-0.2, -0.15) is 0 Å². The van der Waals surface area contributed by atoms with Gasteiger partial charge in [-0.05, 0) is 13.0 Å². The van der Waals surface area contributed by atoms with E-state index in [2.05, 4.69) is 9.97 Å². The number of ether oxygens (including phenoxy) is 3. The summed E-state index contributed by atoms with van der Waals surface area (Å²) in [6.07, 6.45) is 2.83. The predicted molar refractivity (Wildman–Crippen MR) is 92.4 cm³/mol. The van der Waals surface area contributed by atoms with Gasteiger partial charge in [0, 0.05) is 24.4 Å². The van der Waals surface area contributed by atoms with Crippen molar-refractivity contribution in [3.8, 4) is 17.3 Å². The quantitative estimate of drug-likeness (QED) is 0.541. The van der Waals surface area contributed by atoms with Crippen molar-refractivity contribution in [2.75, 3.05) is 33.0 Å². The summed E-state index contributed by atoms with van der Waals surface area (Å²) >= 11 is 0. The number of esters is 1. The Kier molecular flexibility index (Phi) is 9.88. The van der Waals surface area contributed by atoms with E-state index < -0.39 is 5.97 Å². The number of rotatable bonds is 9. The van der Waals surface area contributed by atoms with Crippen LogP contribution in [0.4, 0.5) is 0 Å². The zero-order valence-corrected chi connectivity index (χ0v) is 14.9. The average Bonchev–Trinajstić information content (AvgIpc) is 3.14. The van der Waals surface area contributed by atoms with E-state index in [1.54, 1.807) is 25.3 Å². The van der Waals surface area contributed by atoms with Gasteiger partial charge in [-0.15, -0.1) is 0 Å². The average molecular weight is 351 g/mol. The van der Waals surface area contributed by atoms with Crippen molar-refractivity contribution in [1.82, 2.24) is 9.97 Å². The van der Waals surface area contributed by atoms with Crippen LogP contribution in [0.3, 0.4) is 0 Å². The van der Waals surface area contributed by atoms with Crippen LogP contribution in [-0.4, -0.2) is 48.9 Å². The van der Waals surface area contributed by atoms with Crippen molar-refractivity contribution < 1.29 is 23.4 Å². The number of hydrogen-bond donors (Lipinski definition) is 1. The lowest BCUT2D eigenvalue weighted by molar-refractivity contribution is 0.0519. The van der Waals surface area contributed by atoms with Crippen molar-refractivity contribution in [2.24, 2.45) is 5.73 Å². The van der Waals surface area contributed by atoms with Crippen LogP contribution >= 0.6 is 0 Å². The molecular weight excluding hydrogens is 326 g/mol. The van der Waals surface area contributed by atoms with E-state index in [1.807, 2.05) is 13.8 Å². The highest BCUT2D eigenvalue weighted by Gasteiger charge is 2.14. The number of carbonyl (C=O) groups excluding carboxylic acids is 1. The first-order chi connectivity index (χ1) is 12.2. The molecule has 0 saturated heterocycles. The second kappa shape index (κ2) is 12.0. The van der Waals surface area contributed by atoms with Crippen LogP contribution in [0.25, 0.3) is 11.5 Å². The summed E-state index contributed by atoms with van der Waals surface area (Å²) in [6, 6.07) is 3.38. The van der Waals surface area contributed by atoms with Crippen LogP contribution in [0.1, 0.15) is 31.3 Å². The van der Waals surface area contributed by atoms with Crippen molar-refractivity contribution in [2.45, 2.75) is 20.8 Å². The van der Waals surface area contributed by atoms with Gasteiger partial charge in [0.05, 0.1) is 19.8 Å². The monoisotopic (exact) mass is 351 g/mol. The van der Waals surface area contributed by atoms with Crippen molar-refractivity contribution in [3.63, 3.8) is 0 Å². The Morgan fingerprint density at radius 1 is 1.28 bits per heavy atom. The van der Waals surface area contributed by atoms with Crippen LogP contribution in [-0.2, 0) is 9.47 Å². The minimum absolute atomic E-state index is 0.122. The third-order valence-corrected chi connectivity index (χ3v) is 2.71. The number of nitrogens with zero attached hydrogens (tertiary/aromatic N) is 2. The van der Waals surface area contributed by atoms with Crippen LogP contribution in [0.15, 0.2) is 29.0 Å². The third-order valence-electron chi connectivity index (χ3n) is 2.71. The molecule has 2 aromatic rings. The Morgan fingerprint density at radius 3 is 2.80 bits per heavy atom. The molecular formula is C17H25N3O5. The smallest absolute Gasteiger partial charge is 0.360 e. The minimum atomic E-state index is -0.523. The van der Waals surface area contributed by atoms with Crippen molar-refractivity contribution in [3.05, 3.63) is 30.3 Å². The molecule has 2 N–H and O–H groups in total. The molecule has 138 valence electrons. The molecule has 0 saturated carbocycles. The first-order valence-corrected chi connectivity index (χ1v) is 8.24. The lowest BCUT2D eigenvalue weighted by Crippen LogP contribution is -2.13. The summed E-state index contributed by atoms with van der Waals surface area (Å²) in [5.41, 5.74) is 6.09. The fraction of sp³-hybridized carbons (Fsp3) is 0.471. The molecule has 8 heteroatoms. The van der Waals surface area contributed by atoms with Gasteiger partial charge in [-0.3, -0.25) is 0 Å². The Balaban J connectivity index is 0.00000151. The fourth-order valence-corrected chi connectivity index (χ4v) is 1.72. The van der Waals surface area contributed by atoms with Crippen molar-refractivity contribution >= 4 is 5.97 Å². The van der Waals surface area contributed by atoms with Crippen LogP contribution in [0.2, 0.25) is 0 Å². The maximum Gasteiger partial charge on any atom is 0.360 e. The van der Waals surface area contributed by atoms with Crippen LogP contribution < -0.4 is 10.5 Å². The molecule has 0 aliphatic heterocycles. The highest BCUT2D eigenvalue weighted by atomic mass is 16.5. The molecule has 0 amide bonds. The molecule has 2 aromatic heterocycles. The number of pyridine rings is 1. The molecule has 0 bridgehead atoms. The molecule has 2 rings (SSSR count). The van der Waals surface area contributed by atoms with Gasteiger partial charge in [0.1, 0.15) is 12.9 Å². The van der Waals surface area contributed by atoms with Gasteiger partial charge in [0.2, 0.25) is 11.8 Å². The molecule has 0 unspecified atom stereocenters. The first kappa shape index (κ1) is 20.6. The summed E-state index contributed by atoms with van der Waals surface area (Å²) in [5.74, 6) is 0.180. The molecule has 0 aliphatic carbocycles. The Labute approximate surface area is 147 Å². The highest BCUT2D eigenvalue weighted by Crippen LogP contribution is 2.21. The first-order valence-electron chi connectivity index (χ1n) is 8.24. The Bertz CT molecular complexity index is 630. The topological polar surface area (TPSA) is 110 Å². The summed E-state index contributed by atoms with van der Waals surface area (Å²) in [5, 5.41) is 0. The van der Waals surface area contributed by atoms with E-state index in [0.29, 0.717) is 43.7 Å². The van der Waals surface area contributed by atoms with Gasteiger partial charge in [-0.25, -0.2) is 14.8 Å². The van der Waals surface area contributed by atoms with Gasteiger partial charge in [0.15, 0.2) is 5.69 Å². The molecule has 0 spiro atoms.